The average molecular weight is 356 g/mol. The molecule has 1 aromatic heterocycles. The van der Waals surface area contributed by atoms with Crippen molar-refractivity contribution in [1.29, 1.82) is 0 Å². The molecular formula is C20H28N4O2. The third-order valence-electron chi connectivity index (χ3n) is 5.35. The highest BCUT2D eigenvalue weighted by atomic mass is 16.2. The molecule has 0 radical (unpaired) electrons. The fourth-order valence-electron chi connectivity index (χ4n) is 3.46. The van der Waals surface area contributed by atoms with Crippen molar-refractivity contribution in [3.8, 4) is 5.69 Å². The molecule has 140 valence electrons. The minimum Gasteiger partial charge on any atom is -0.320 e. The van der Waals surface area contributed by atoms with Crippen molar-refractivity contribution in [2.75, 3.05) is 25.0 Å². The van der Waals surface area contributed by atoms with Gasteiger partial charge in [0.25, 0.3) is 5.56 Å². The Morgan fingerprint density at radius 2 is 1.85 bits per heavy atom. The lowest BCUT2D eigenvalue weighted by Gasteiger charge is -2.29. The third-order valence-corrected chi connectivity index (χ3v) is 5.35. The first-order chi connectivity index (χ1) is 12.5. The molecule has 1 aromatic carbocycles. The first kappa shape index (κ1) is 18.5. The summed E-state index contributed by atoms with van der Waals surface area (Å²) in [6.07, 6.45) is 2.80. The van der Waals surface area contributed by atoms with Crippen LogP contribution >= 0.6 is 0 Å². The molecule has 1 amide bonds. The van der Waals surface area contributed by atoms with Gasteiger partial charge in [0.2, 0.25) is 5.91 Å². The number of carbonyl (C=O) groups excluding carboxylic acids is 1. The van der Waals surface area contributed by atoms with Gasteiger partial charge in [-0.1, -0.05) is 25.1 Å². The number of nitrogens with one attached hydrogen (secondary N) is 1. The van der Waals surface area contributed by atoms with E-state index >= 15 is 0 Å². The highest BCUT2D eigenvalue weighted by Gasteiger charge is 2.19. The Morgan fingerprint density at radius 3 is 2.50 bits per heavy atom. The van der Waals surface area contributed by atoms with Crippen LogP contribution in [0.2, 0.25) is 0 Å². The molecule has 6 heteroatoms. The fourth-order valence-corrected chi connectivity index (χ4v) is 3.46. The molecule has 0 aliphatic carbocycles. The average Bonchev–Trinajstić information content (AvgIpc) is 2.85. The number of para-hydroxylation sites is 1. The van der Waals surface area contributed by atoms with Gasteiger partial charge in [-0.15, -0.1) is 0 Å². The Kier molecular flexibility index (Phi) is 5.61. The van der Waals surface area contributed by atoms with Crippen LogP contribution in [0.15, 0.2) is 35.1 Å². The van der Waals surface area contributed by atoms with Crippen molar-refractivity contribution in [1.82, 2.24) is 14.3 Å². The monoisotopic (exact) mass is 356 g/mol. The van der Waals surface area contributed by atoms with Crippen LogP contribution in [0.3, 0.4) is 0 Å². The van der Waals surface area contributed by atoms with Gasteiger partial charge < -0.3 is 10.2 Å². The Bertz CT molecular complexity index is 814. The molecule has 0 bridgehead atoms. The van der Waals surface area contributed by atoms with Crippen molar-refractivity contribution >= 4 is 11.6 Å². The minimum atomic E-state index is -0.198. The van der Waals surface area contributed by atoms with Crippen molar-refractivity contribution in [2.45, 2.75) is 33.1 Å². The van der Waals surface area contributed by atoms with E-state index in [-0.39, 0.29) is 11.5 Å². The summed E-state index contributed by atoms with van der Waals surface area (Å²) in [4.78, 5) is 27.5. The molecule has 2 aromatic rings. The van der Waals surface area contributed by atoms with E-state index in [1.807, 2.05) is 44.3 Å². The van der Waals surface area contributed by atoms with Crippen LogP contribution in [0.4, 0.5) is 5.69 Å². The number of amides is 1. The van der Waals surface area contributed by atoms with E-state index in [9.17, 15) is 9.59 Å². The van der Waals surface area contributed by atoms with Crippen LogP contribution in [-0.4, -0.2) is 39.8 Å². The third kappa shape index (κ3) is 3.90. The first-order valence-electron chi connectivity index (χ1n) is 9.33. The topological polar surface area (TPSA) is 59.3 Å². The van der Waals surface area contributed by atoms with Gasteiger partial charge in [0.05, 0.1) is 11.4 Å². The second-order valence-electron chi connectivity index (χ2n) is 7.26. The van der Waals surface area contributed by atoms with Crippen LogP contribution in [-0.2, 0) is 11.8 Å². The van der Waals surface area contributed by atoms with Crippen molar-refractivity contribution in [2.24, 2.45) is 13.0 Å². The lowest BCUT2D eigenvalue weighted by atomic mass is 9.99. The largest absolute Gasteiger partial charge is 0.320 e. The molecule has 0 saturated carbocycles. The number of anilines is 1. The van der Waals surface area contributed by atoms with Crippen LogP contribution in [0.1, 0.15) is 31.9 Å². The molecule has 0 atom stereocenters. The van der Waals surface area contributed by atoms with E-state index in [2.05, 4.69) is 17.1 Å². The second-order valence-corrected chi connectivity index (χ2v) is 7.26. The quantitative estimate of drug-likeness (QED) is 0.896. The minimum absolute atomic E-state index is 0.102. The van der Waals surface area contributed by atoms with E-state index in [1.165, 1.54) is 12.8 Å². The molecule has 0 unspecified atom stereocenters. The maximum absolute atomic E-state index is 12.8. The van der Waals surface area contributed by atoms with E-state index in [0.29, 0.717) is 12.1 Å². The summed E-state index contributed by atoms with van der Waals surface area (Å²) < 4.78 is 3.36. The number of nitrogens with zero attached hydrogens (tertiary/aromatic N) is 3. The highest BCUT2D eigenvalue weighted by Crippen LogP contribution is 2.17. The van der Waals surface area contributed by atoms with Crippen LogP contribution < -0.4 is 10.9 Å². The lowest BCUT2D eigenvalue weighted by molar-refractivity contribution is -0.116. The standard InChI is InChI=1S/C20H28N4O2/c1-15-9-12-23(13-10-15)14-11-18(25)21-19-16(2)22(3)24(20(19)26)17-7-5-4-6-8-17/h4-8,15H,9-14H2,1-3H3,(H,21,25). The van der Waals surface area contributed by atoms with Crippen LogP contribution in [0.5, 0.6) is 0 Å². The zero-order valence-corrected chi connectivity index (χ0v) is 15.9. The van der Waals surface area contributed by atoms with Crippen molar-refractivity contribution in [3.05, 3.63) is 46.4 Å². The molecule has 2 heterocycles. The fraction of sp³-hybridized carbons (Fsp3) is 0.500. The SMILES string of the molecule is Cc1c(NC(=O)CCN2CCC(C)CC2)c(=O)n(-c2ccccc2)n1C. The molecule has 1 fully saturated rings. The molecule has 1 N–H and O–H groups in total. The zero-order valence-electron chi connectivity index (χ0n) is 15.9. The summed E-state index contributed by atoms with van der Waals surface area (Å²) in [5.41, 5.74) is 1.70. The number of likely N-dealkylation sites (tertiary alicyclic amines) is 1. The van der Waals surface area contributed by atoms with E-state index < -0.39 is 0 Å². The number of aromatic nitrogens is 2. The molecule has 6 nitrogen and oxygen atoms in total. The summed E-state index contributed by atoms with van der Waals surface area (Å²) in [6.45, 7) is 6.99. The van der Waals surface area contributed by atoms with Crippen molar-refractivity contribution < 1.29 is 4.79 Å². The Labute approximate surface area is 154 Å². The van der Waals surface area contributed by atoms with Gasteiger partial charge in [0, 0.05) is 20.0 Å². The van der Waals surface area contributed by atoms with Crippen LogP contribution in [0.25, 0.3) is 5.69 Å². The van der Waals surface area contributed by atoms with Gasteiger partial charge in [-0.2, -0.15) is 0 Å². The van der Waals surface area contributed by atoms with E-state index in [4.69, 9.17) is 0 Å². The highest BCUT2D eigenvalue weighted by molar-refractivity contribution is 5.91. The van der Waals surface area contributed by atoms with E-state index in [1.54, 1.807) is 9.36 Å². The molecule has 3 rings (SSSR count). The normalized spacial score (nSPS) is 16.0. The molecule has 1 aliphatic rings. The first-order valence-corrected chi connectivity index (χ1v) is 9.33. The number of hydrogen-bond acceptors (Lipinski definition) is 3. The zero-order chi connectivity index (χ0) is 18.7. The Hall–Kier alpha value is -2.34. The Balaban J connectivity index is 1.68. The predicted octanol–water partition coefficient (Wildman–Crippen LogP) is 2.54. The molecule has 0 spiro atoms. The molecular weight excluding hydrogens is 328 g/mol. The Morgan fingerprint density at radius 1 is 1.19 bits per heavy atom. The lowest BCUT2D eigenvalue weighted by Crippen LogP contribution is -2.35. The van der Waals surface area contributed by atoms with Gasteiger partial charge in [-0.3, -0.25) is 14.3 Å². The van der Waals surface area contributed by atoms with Gasteiger partial charge in [0.15, 0.2) is 0 Å². The molecule has 1 saturated heterocycles. The van der Waals surface area contributed by atoms with Gasteiger partial charge >= 0.3 is 0 Å². The summed E-state index contributed by atoms with van der Waals surface area (Å²) >= 11 is 0. The summed E-state index contributed by atoms with van der Waals surface area (Å²) in [5.74, 6) is 0.679. The van der Waals surface area contributed by atoms with E-state index in [0.717, 1.165) is 36.9 Å². The predicted molar refractivity (Wildman–Crippen MR) is 104 cm³/mol. The van der Waals surface area contributed by atoms with Gasteiger partial charge in [-0.25, -0.2) is 4.68 Å². The maximum Gasteiger partial charge on any atom is 0.295 e. The molecule has 26 heavy (non-hydrogen) atoms. The summed E-state index contributed by atoms with van der Waals surface area (Å²) in [7, 11) is 1.83. The van der Waals surface area contributed by atoms with Crippen molar-refractivity contribution in [3.63, 3.8) is 0 Å². The smallest absolute Gasteiger partial charge is 0.295 e. The maximum atomic E-state index is 12.8. The van der Waals surface area contributed by atoms with Gasteiger partial charge in [-0.05, 0) is 50.9 Å². The van der Waals surface area contributed by atoms with Crippen LogP contribution in [0, 0.1) is 12.8 Å². The number of hydrogen-bond donors (Lipinski definition) is 1. The number of rotatable bonds is 5. The summed E-state index contributed by atoms with van der Waals surface area (Å²) in [5, 5.41) is 2.84. The summed E-state index contributed by atoms with van der Waals surface area (Å²) in [6, 6.07) is 9.45. The second kappa shape index (κ2) is 7.91. The molecule has 1 aliphatic heterocycles. The number of carbonyl (C=O) groups is 1. The van der Waals surface area contributed by atoms with Gasteiger partial charge in [0.1, 0.15) is 5.69 Å². The number of benzene rings is 1. The number of piperidine rings is 1.